The highest BCUT2D eigenvalue weighted by Gasteiger charge is 2.31. The van der Waals surface area contributed by atoms with E-state index in [0.29, 0.717) is 29.7 Å². The minimum Gasteiger partial charge on any atom is -0.494 e. The second kappa shape index (κ2) is 14.0. The Balaban J connectivity index is 0.00000188. The average molecular weight is 621 g/mol. The van der Waals surface area contributed by atoms with Crippen LogP contribution in [0.15, 0.2) is 58.2 Å². The van der Waals surface area contributed by atoms with Crippen LogP contribution in [0.3, 0.4) is 0 Å². The first kappa shape index (κ1) is 31.8. The van der Waals surface area contributed by atoms with Crippen molar-refractivity contribution in [2.24, 2.45) is 0 Å². The van der Waals surface area contributed by atoms with E-state index in [1.165, 1.54) is 25.2 Å². The lowest BCUT2D eigenvalue weighted by atomic mass is 9.98. The van der Waals surface area contributed by atoms with Crippen molar-refractivity contribution in [3.63, 3.8) is 0 Å². The van der Waals surface area contributed by atoms with Crippen LogP contribution < -0.4 is 10.3 Å². The Bertz CT molecular complexity index is 1710. The summed E-state index contributed by atoms with van der Waals surface area (Å²) in [5, 5.41) is 11.2. The summed E-state index contributed by atoms with van der Waals surface area (Å²) in [5.74, 6) is -0.404. The molecule has 2 aromatic carbocycles. The first-order valence-corrected chi connectivity index (χ1v) is 15.5. The third-order valence-electron chi connectivity index (χ3n) is 7.90. The number of aldehydes is 1. The van der Waals surface area contributed by atoms with Gasteiger partial charge in [-0.25, -0.2) is 13.7 Å². The summed E-state index contributed by atoms with van der Waals surface area (Å²) in [4.78, 5) is 33.5. The molecule has 6 rings (SSSR count). The first-order chi connectivity index (χ1) is 21.4. The molecule has 0 amide bonds. The van der Waals surface area contributed by atoms with E-state index in [-0.39, 0.29) is 35.6 Å². The Kier molecular flexibility index (Phi) is 10.1. The van der Waals surface area contributed by atoms with Gasteiger partial charge < -0.3 is 23.9 Å². The maximum absolute atomic E-state index is 14.9. The number of hydrogen-bond donors (Lipinski definition) is 1. The smallest absolute Gasteiger partial charge is 0.257 e. The first-order valence-electron chi connectivity index (χ1n) is 14.7. The van der Waals surface area contributed by atoms with Gasteiger partial charge in [0.1, 0.15) is 6.10 Å². The Labute approximate surface area is 260 Å². The molecule has 2 aromatic heterocycles. The molecular formula is C33H37FN4O5S. The fourth-order valence-electron chi connectivity index (χ4n) is 5.77. The van der Waals surface area contributed by atoms with Crippen LogP contribution in [0.25, 0.3) is 22.3 Å². The van der Waals surface area contributed by atoms with Crippen LogP contribution in [-0.4, -0.2) is 70.5 Å². The maximum atomic E-state index is 14.9. The number of piperazine rings is 1. The van der Waals surface area contributed by atoms with Crippen molar-refractivity contribution in [1.29, 1.82) is 0 Å². The van der Waals surface area contributed by atoms with Crippen molar-refractivity contribution >= 4 is 29.1 Å². The zero-order valence-corrected chi connectivity index (χ0v) is 26.2. The quantitative estimate of drug-likeness (QED) is 0.184. The normalized spacial score (nSPS) is 15.3. The number of carbonyl (C=O) groups is 1. The summed E-state index contributed by atoms with van der Waals surface area (Å²) in [6.07, 6.45) is -1.10. The number of nitrogens with zero attached hydrogens (tertiary/aromatic N) is 4. The minimum atomic E-state index is -1.48. The monoisotopic (exact) mass is 620 g/mol. The lowest BCUT2D eigenvalue weighted by Crippen LogP contribution is -2.43. The van der Waals surface area contributed by atoms with Gasteiger partial charge in [0.2, 0.25) is 0 Å². The molecule has 2 aliphatic rings. The predicted octanol–water partition coefficient (Wildman–Crippen LogP) is 4.80. The van der Waals surface area contributed by atoms with Crippen LogP contribution in [0.1, 0.15) is 42.2 Å². The second-order valence-electron chi connectivity index (χ2n) is 10.4. The van der Waals surface area contributed by atoms with Gasteiger partial charge in [-0.3, -0.25) is 9.69 Å². The fraction of sp³-hybridized carbons (Fsp3) is 0.364. The van der Waals surface area contributed by atoms with Crippen molar-refractivity contribution in [2.45, 2.75) is 44.5 Å². The molecule has 11 heteroatoms. The number of hydrogen-bond acceptors (Lipinski definition) is 9. The number of carbonyl (C=O) groups excluding carboxylic acids is 1. The van der Waals surface area contributed by atoms with Gasteiger partial charge in [-0.2, -0.15) is 0 Å². The number of ether oxygens (including phenoxy) is 2. The molecule has 1 unspecified atom stereocenters. The number of fused-ring (bicyclic) bond motifs is 4. The molecule has 0 bridgehead atoms. The van der Waals surface area contributed by atoms with Crippen LogP contribution in [0.4, 0.5) is 4.39 Å². The number of rotatable bonds is 9. The number of methoxy groups -OCH3 is 2. The average Bonchev–Trinajstić information content (AvgIpc) is 3.42. The number of pyridine rings is 2. The van der Waals surface area contributed by atoms with E-state index in [1.807, 2.05) is 32.0 Å². The number of aromatic nitrogens is 2. The minimum absolute atomic E-state index is 0.0500. The summed E-state index contributed by atoms with van der Waals surface area (Å²) in [5.41, 5.74) is 3.33. The number of aliphatic hydroxyl groups is 1. The summed E-state index contributed by atoms with van der Waals surface area (Å²) >= 11 is 1.75. The predicted molar refractivity (Wildman–Crippen MR) is 169 cm³/mol. The molecule has 0 aliphatic carbocycles. The molecule has 9 nitrogen and oxygen atoms in total. The van der Waals surface area contributed by atoms with Crippen LogP contribution in [-0.2, 0) is 29.2 Å². The number of aliphatic hydroxyl groups excluding tert-OH is 1. The standard InChI is InChI=1S/C31H31FN4O5S.C2H6/c1-40-18-24-21(28(38)17-37)12-27-30-23(16-36(27)31(24)39)22(20-13-29(41-2)25(32)14-26(20)33-30)15-34-8-10-35(11-9-34)42-19-6-4-3-5-7-19;1-2/h3-7,12-14,17,28,38H,8-11,15-16,18H2,1-2H3;1-2H3. The highest BCUT2D eigenvalue weighted by Crippen LogP contribution is 2.39. The molecule has 2 aliphatic heterocycles. The van der Waals surface area contributed by atoms with E-state index in [1.54, 1.807) is 28.6 Å². The van der Waals surface area contributed by atoms with E-state index in [4.69, 9.17) is 14.5 Å². The van der Waals surface area contributed by atoms with E-state index >= 15 is 0 Å². The largest absolute Gasteiger partial charge is 0.494 e. The summed E-state index contributed by atoms with van der Waals surface area (Å²) in [6, 6.07) is 15.0. The summed E-state index contributed by atoms with van der Waals surface area (Å²) in [6.45, 7) is 8.20. The van der Waals surface area contributed by atoms with E-state index in [0.717, 1.165) is 42.7 Å². The number of halogens is 1. The molecule has 0 radical (unpaired) electrons. The van der Waals surface area contributed by atoms with Gasteiger partial charge in [-0.1, -0.05) is 32.0 Å². The summed E-state index contributed by atoms with van der Waals surface area (Å²) < 4.78 is 29.4. The third kappa shape index (κ3) is 6.15. The molecular weight excluding hydrogens is 583 g/mol. The second-order valence-corrected chi connectivity index (χ2v) is 11.6. The fourth-order valence-corrected chi connectivity index (χ4v) is 6.69. The van der Waals surface area contributed by atoms with Crippen LogP contribution >= 0.6 is 11.9 Å². The van der Waals surface area contributed by atoms with Gasteiger partial charge in [0.05, 0.1) is 37.2 Å². The molecule has 232 valence electrons. The van der Waals surface area contributed by atoms with Crippen molar-refractivity contribution in [3.05, 3.63) is 87.0 Å². The van der Waals surface area contributed by atoms with Crippen molar-refractivity contribution in [2.75, 3.05) is 40.4 Å². The van der Waals surface area contributed by atoms with E-state index in [2.05, 4.69) is 21.3 Å². The lowest BCUT2D eigenvalue weighted by Gasteiger charge is -2.34. The van der Waals surface area contributed by atoms with Gasteiger partial charge in [-0.05, 0) is 41.8 Å². The highest BCUT2D eigenvalue weighted by molar-refractivity contribution is 7.97. The molecule has 4 heterocycles. The van der Waals surface area contributed by atoms with E-state index < -0.39 is 11.9 Å². The topological polar surface area (TPSA) is 97.1 Å². The third-order valence-corrected chi connectivity index (χ3v) is 9.00. The molecule has 1 atom stereocenters. The molecule has 1 saturated heterocycles. The Hall–Kier alpha value is -3.61. The molecule has 4 aromatic rings. The van der Waals surface area contributed by atoms with Crippen molar-refractivity contribution in [3.8, 4) is 17.1 Å². The number of benzene rings is 2. The van der Waals surface area contributed by atoms with Gasteiger partial charge in [0.15, 0.2) is 17.9 Å². The van der Waals surface area contributed by atoms with Crippen molar-refractivity contribution in [1.82, 2.24) is 18.8 Å². The van der Waals surface area contributed by atoms with Gasteiger partial charge in [0, 0.05) is 72.9 Å². The Morgan fingerprint density at radius 1 is 1.07 bits per heavy atom. The zero-order chi connectivity index (χ0) is 31.4. The molecule has 0 saturated carbocycles. The maximum Gasteiger partial charge on any atom is 0.257 e. The van der Waals surface area contributed by atoms with E-state index in [9.17, 15) is 19.1 Å². The SMILES string of the molecule is CC.COCc1c(C(O)C=O)cc2n(c1=O)Cc1c-2nc2cc(F)c(OC)cc2c1CN1CCN(Sc2ccccc2)CC1. The summed E-state index contributed by atoms with van der Waals surface area (Å²) in [7, 11) is 2.89. The lowest BCUT2D eigenvalue weighted by molar-refractivity contribution is -0.115. The van der Waals surface area contributed by atoms with Crippen LogP contribution in [0, 0.1) is 5.82 Å². The Morgan fingerprint density at radius 3 is 2.45 bits per heavy atom. The van der Waals surface area contributed by atoms with Crippen LogP contribution in [0.2, 0.25) is 0 Å². The zero-order valence-electron chi connectivity index (χ0n) is 25.4. The molecule has 1 N–H and O–H groups in total. The Morgan fingerprint density at radius 2 is 1.80 bits per heavy atom. The van der Waals surface area contributed by atoms with Crippen molar-refractivity contribution < 1.29 is 23.8 Å². The van der Waals surface area contributed by atoms with Gasteiger partial charge >= 0.3 is 0 Å². The molecule has 1 fully saturated rings. The molecule has 44 heavy (non-hydrogen) atoms. The van der Waals surface area contributed by atoms with Crippen LogP contribution in [0.5, 0.6) is 5.75 Å². The van der Waals surface area contributed by atoms with Gasteiger partial charge in [0.25, 0.3) is 5.56 Å². The van der Waals surface area contributed by atoms with Gasteiger partial charge in [-0.15, -0.1) is 0 Å². The highest BCUT2D eigenvalue weighted by atomic mass is 32.2. The molecule has 0 spiro atoms.